The third kappa shape index (κ3) is 4.77. The summed E-state index contributed by atoms with van der Waals surface area (Å²) < 4.78 is 18.8. The van der Waals surface area contributed by atoms with Crippen molar-refractivity contribution in [1.82, 2.24) is 5.32 Å². The van der Waals surface area contributed by atoms with E-state index in [2.05, 4.69) is 28.2 Å². The molecule has 2 rings (SSSR count). The van der Waals surface area contributed by atoms with Crippen LogP contribution in [0, 0.1) is 11.7 Å². The van der Waals surface area contributed by atoms with Gasteiger partial charge in [-0.3, -0.25) is 4.79 Å². The zero-order valence-electron chi connectivity index (χ0n) is 13.3. The Morgan fingerprint density at radius 1 is 1.35 bits per heavy atom. The molecule has 1 N–H and O–H groups in total. The van der Waals surface area contributed by atoms with E-state index in [1.807, 2.05) is 0 Å². The van der Waals surface area contributed by atoms with Crippen LogP contribution in [0.2, 0.25) is 0 Å². The first-order valence-corrected chi connectivity index (χ1v) is 8.64. The summed E-state index contributed by atoms with van der Waals surface area (Å²) in [5.74, 6) is -1.15. The van der Waals surface area contributed by atoms with E-state index in [0.717, 1.165) is 25.3 Å². The lowest BCUT2D eigenvalue weighted by Gasteiger charge is -2.30. The van der Waals surface area contributed by atoms with Crippen molar-refractivity contribution in [2.24, 2.45) is 5.92 Å². The van der Waals surface area contributed by atoms with E-state index in [0.29, 0.717) is 10.4 Å². The molecular formula is C17H21BrFNO3. The van der Waals surface area contributed by atoms with Gasteiger partial charge in [-0.15, -0.1) is 0 Å². The number of hydrogen-bond donors (Lipinski definition) is 1. The lowest BCUT2D eigenvalue weighted by atomic mass is 9.86. The Morgan fingerprint density at radius 2 is 2.04 bits per heavy atom. The van der Waals surface area contributed by atoms with Gasteiger partial charge in [-0.2, -0.15) is 0 Å². The summed E-state index contributed by atoms with van der Waals surface area (Å²) in [5, 5.41) is 2.95. The molecule has 1 amide bonds. The number of esters is 1. The molecule has 4 nitrogen and oxygen atoms in total. The molecule has 0 saturated heterocycles. The van der Waals surface area contributed by atoms with E-state index in [1.165, 1.54) is 25.5 Å². The lowest BCUT2D eigenvalue weighted by molar-refractivity contribution is -0.130. The highest BCUT2D eigenvalue weighted by Crippen LogP contribution is 2.24. The highest BCUT2D eigenvalue weighted by molar-refractivity contribution is 9.10. The van der Waals surface area contributed by atoms with Crippen LogP contribution in [-0.4, -0.2) is 24.0 Å². The van der Waals surface area contributed by atoms with Gasteiger partial charge in [0, 0.05) is 10.5 Å². The molecule has 0 aromatic heterocycles. The number of nitrogens with one attached hydrogen (secondary N) is 1. The maximum absolute atomic E-state index is 13.2. The quantitative estimate of drug-likeness (QED) is 0.801. The van der Waals surface area contributed by atoms with Gasteiger partial charge in [0.2, 0.25) is 0 Å². The second-order valence-electron chi connectivity index (χ2n) is 6.05. The van der Waals surface area contributed by atoms with Crippen LogP contribution in [0.1, 0.15) is 49.9 Å². The molecule has 6 heteroatoms. The second kappa shape index (κ2) is 7.90. The van der Waals surface area contributed by atoms with Crippen LogP contribution in [-0.2, 0) is 9.53 Å². The Hall–Kier alpha value is -1.43. The molecule has 0 radical (unpaired) electrons. The molecule has 0 unspecified atom stereocenters. The maximum Gasteiger partial charge on any atom is 0.340 e. The Bertz CT molecular complexity index is 593. The van der Waals surface area contributed by atoms with Gasteiger partial charge < -0.3 is 10.1 Å². The molecule has 1 aliphatic rings. The zero-order chi connectivity index (χ0) is 17.0. The molecule has 1 aliphatic carbocycles. The summed E-state index contributed by atoms with van der Waals surface area (Å²) in [6.45, 7) is 3.64. The van der Waals surface area contributed by atoms with Crippen molar-refractivity contribution >= 4 is 27.8 Å². The minimum absolute atomic E-state index is 0.0654. The van der Waals surface area contributed by atoms with E-state index in [-0.39, 0.29) is 17.5 Å². The molecule has 1 fully saturated rings. The first-order valence-electron chi connectivity index (χ1n) is 7.85. The van der Waals surface area contributed by atoms with Crippen molar-refractivity contribution in [3.63, 3.8) is 0 Å². The molecule has 1 saturated carbocycles. The van der Waals surface area contributed by atoms with Crippen molar-refractivity contribution in [3.05, 3.63) is 34.1 Å². The number of rotatable bonds is 4. The van der Waals surface area contributed by atoms with E-state index in [9.17, 15) is 14.0 Å². The van der Waals surface area contributed by atoms with Crippen molar-refractivity contribution in [3.8, 4) is 0 Å². The number of ether oxygens (including phenoxy) is 1. The van der Waals surface area contributed by atoms with E-state index in [1.54, 1.807) is 0 Å². The Labute approximate surface area is 143 Å². The monoisotopic (exact) mass is 385 g/mol. The molecule has 1 aromatic rings. The first kappa shape index (κ1) is 17.9. The summed E-state index contributed by atoms with van der Waals surface area (Å²) in [4.78, 5) is 24.3. The van der Waals surface area contributed by atoms with Gasteiger partial charge in [0.05, 0.1) is 5.56 Å². The molecular weight excluding hydrogens is 365 g/mol. The van der Waals surface area contributed by atoms with Crippen LogP contribution in [0.25, 0.3) is 0 Å². The Morgan fingerprint density at radius 3 is 2.74 bits per heavy atom. The predicted molar refractivity (Wildman–Crippen MR) is 88.5 cm³/mol. The van der Waals surface area contributed by atoms with Gasteiger partial charge >= 0.3 is 5.97 Å². The lowest BCUT2D eigenvalue weighted by Crippen LogP contribution is -2.46. The van der Waals surface area contributed by atoms with Crippen molar-refractivity contribution in [1.29, 1.82) is 0 Å². The van der Waals surface area contributed by atoms with Crippen LogP contribution in [0.4, 0.5) is 4.39 Å². The van der Waals surface area contributed by atoms with Crippen LogP contribution in [0.3, 0.4) is 0 Å². The maximum atomic E-state index is 13.2. The highest BCUT2D eigenvalue weighted by atomic mass is 79.9. The predicted octanol–water partition coefficient (Wildman–Crippen LogP) is 3.83. The van der Waals surface area contributed by atoms with Crippen molar-refractivity contribution < 1.29 is 18.7 Å². The minimum atomic E-state index is -0.924. The number of amides is 1. The van der Waals surface area contributed by atoms with Crippen molar-refractivity contribution in [2.75, 3.05) is 0 Å². The van der Waals surface area contributed by atoms with Gasteiger partial charge in [0.15, 0.2) is 6.10 Å². The smallest absolute Gasteiger partial charge is 0.340 e. The average Bonchev–Trinajstić information content (AvgIpc) is 2.51. The van der Waals surface area contributed by atoms with Crippen molar-refractivity contribution in [2.45, 2.75) is 51.7 Å². The molecule has 23 heavy (non-hydrogen) atoms. The number of carbonyl (C=O) groups is 2. The highest BCUT2D eigenvalue weighted by Gasteiger charge is 2.27. The molecule has 1 aromatic carbocycles. The minimum Gasteiger partial charge on any atom is -0.449 e. The average molecular weight is 386 g/mol. The fourth-order valence-corrected chi connectivity index (χ4v) is 3.17. The fourth-order valence-electron chi connectivity index (χ4n) is 2.76. The van der Waals surface area contributed by atoms with Gasteiger partial charge in [-0.05, 0) is 59.8 Å². The Balaban J connectivity index is 1.94. The largest absolute Gasteiger partial charge is 0.449 e. The van der Waals surface area contributed by atoms with Gasteiger partial charge in [0.1, 0.15) is 5.82 Å². The molecule has 0 spiro atoms. The topological polar surface area (TPSA) is 55.4 Å². The fraction of sp³-hybridized carbons (Fsp3) is 0.529. The van der Waals surface area contributed by atoms with Gasteiger partial charge in [-0.1, -0.05) is 19.8 Å². The second-order valence-corrected chi connectivity index (χ2v) is 6.90. The normalized spacial score (nSPS) is 22.3. The summed E-state index contributed by atoms with van der Waals surface area (Å²) in [6.07, 6.45) is 3.40. The summed E-state index contributed by atoms with van der Waals surface area (Å²) >= 11 is 3.18. The molecule has 0 heterocycles. The Kier molecular flexibility index (Phi) is 6.16. The van der Waals surface area contributed by atoms with Crippen LogP contribution in [0.15, 0.2) is 22.7 Å². The number of carbonyl (C=O) groups excluding carboxylic acids is 2. The van der Waals surface area contributed by atoms with Crippen LogP contribution < -0.4 is 5.32 Å². The molecule has 3 atom stereocenters. The number of hydrogen-bond acceptors (Lipinski definition) is 3. The molecule has 126 valence electrons. The number of halogens is 2. The summed E-state index contributed by atoms with van der Waals surface area (Å²) in [5.41, 5.74) is 0.0654. The number of benzene rings is 1. The molecule has 0 bridgehead atoms. The summed E-state index contributed by atoms with van der Waals surface area (Å²) in [6, 6.07) is 3.88. The zero-order valence-corrected chi connectivity index (χ0v) is 14.9. The van der Waals surface area contributed by atoms with Crippen LogP contribution >= 0.6 is 15.9 Å². The van der Waals surface area contributed by atoms with E-state index < -0.39 is 17.9 Å². The standard InChI is InChI=1S/C17H21BrFNO3/c1-10-5-3-4-6-15(10)20-16(21)11(2)23-17(22)13-9-12(19)7-8-14(13)18/h7-11,15H,3-6H2,1-2H3,(H,20,21)/t10-,11-,15+/m1/s1. The summed E-state index contributed by atoms with van der Waals surface area (Å²) in [7, 11) is 0. The third-order valence-electron chi connectivity index (χ3n) is 4.24. The van der Waals surface area contributed by atoms with Gasteiger partial charge in [-0.25, -0.2) is 9.18 Å². The SMILES string of the molecule is C[C@@H]1CCCC[C@@H]1NC(=O)[C@@H](C)OC(=O)c1cc(F)ccc1Br. The molecule has 0 aliphatic heterocycles. The van der Waals surface area contributed by atoms with Crippen LogP contribution in [0.5, 0.6) is 0 Å². The van der Waals surface area contributed by atoms with E-state index >= 15 is 0 Å². The third-order valence-corrected chi connectivity index (χ3v) is 4.93. The van der Waals surface area contributed by atoms with Gasteiger partial charge in [0.25, 0.3) is 5.91 Å². The first-order chi connectivity index (χ1) is 10.9. The van der Waals surface area contributed by atoms with E-state index in [4.69, 9.17) is 4.74 Å².